The van der Waals surface area contributed by atoms with Gasteiger partial charge in [-0.05, 0) is 42.2 Å². The molecule has 0 saturated heterocycles. The molecule has 3 aromatic carbocycles. The highest BCUT2D eigenvalue weighted by molar-refractivity contribution is 6.00. The molecule has 2 aromatic heterocycles. The van der Waals surface area contributed by atoms with Crippen LogP contribution in [0.3, 0.4) is 0 Å². The summed E-state index contributed by atoms with van der Waals surface area (Å²) in [7, 11) is 0. The van der Waals surface area contributed by atoms with E-state index in [1.165, 1.54) is 17.7 Å². The third-order valence-electron chi connectivity index (χ3n) is 5.72. The molecule has 0 bridgehead atoms. The number of hydrogen-bond donors (Lipinski definition) is 1. The largest absolute Gasteiger partial charge is 0.277 e. The second-order valence-corrected chi connectivity index (χ2v) is 7.57. The van der Waals surface area contributed by atoms with Crippen molar-refractivity contribution in [3.63, 3.8) is 0 Å². The topological polar surface area (TPSA) is 54.5 Å². The van der Waals surface area contributed by atoms with Gasteiger partial charge < -0.3 is 0 Å². The minimum absolute atomic E-state index is 0.287. The van der Waals surface area contributed by atoms with Gasteiger partial charge >= 0.3 is 0 Å². The monoisotopic (exact) mass is 380 g/mol. The number of benzene rings is 3. The molecule has 4 nitrogen and oxygen atoms in total. The molecule has 0 radical (unpaired) electrons. The molecule has 2 atom stereocenters. The van der Waals surface area contributed by atoms with Gasteiger partial charge in [0.2, 0.25) is 0 Å². The fourth-order valence-corrected chi connectivity index (χ4v) is 4.16. The van der Waals surface area contributed by atoms with E-state index in [0.717, 1.165) is 39.7 Å². The van der Waals surface area contributed by atoms with Gasteiger partial charge in [0.25, 0.3) is 0 Å². The Balaban J connectivity index is 1.52. The summed E-state index contributed by atoms with van der Waals surface area (Å²) < 4.78 is 13.9. The lowest BCUT2D eigenvalue weighted by Gasteiger charge is -2.08. The fourth-order valence-electron chi connectivity index (χ4n) is 4.16. The second-order valence-electron chi connectivity index (χ2n) is 7.57. The van der Waals surface area contributed by atoms with Crippen molar-refractivity contribution in [2.75, 3.05) is 0 Å². The molecule has 1 aliphatic rings. The number of aromatic nitrogens is 4. The van der Waals surface area contributed by atoms with Crippen LogP contribution < -0.4 is 0 Å². The van der Waals surface area contributed by atoms with Gasteiger partial charge in [0.1, 0.15) is 23.0 Å². The maximum atomic E-state index is 13.9. The number of nitrogens with one attached hydrogen (secondary N) is 1. The van der Waals surface area contributed by atoms with Crippen LogP contribution in [0.15, 0.2) is 72.8 Å². The fraction of sp³-hybridized carbons (Fsp3) is 0.125. The van der Waals surface area contributed by atoms with Crippen molar-refractivity contribution in [3.8, 4) is 11.4 Å². The van der Waals surface area contributed by atoms with Crippen molar-refractivity contribution in [2.45, 2.75) is 18.3 Å². The number of para-hydroxylation sites is 1. The molecule has 1 fully saturated rings. The first kappa shape index (κ1) is 16.4. The lowest BCUT2D eigenvalue weighted by Crippen LogP contribution is -1.99. The van der Waals surface area contributed by atoms with Crippen LogP contribution in [0.25, 0.3) is 33.2 Å². The van der Waals surface area contributed by atoms with Crippen LogP contribution in [0.5, 0.6) is 0 Å². The predicted octanol–water partition coefficient (Wildman–Crippen LogP) is 5.58. The number of hydrogen-bond acceptors (Lipinski definition) is 3. The Kier molecular flexibility index (Phi) is 3.50. The molecular weight excluding hydrogens is 363 g/mol. The third kappa shape index (κ3) is 2.70. The van der Waals surface area contributed by atoms with Crippen LogP contribution in [0.2, 0.25) is 0 Å². The highest BCUT2D eigenvalue weighted by Gasteiger charge is 2.42. The summed E-state index contributed by atoms with van der Waals surface area (Å²) in [5, 5.41) is 9.13. The van der Waals surface area contributed by atoms with Gasteiger partial charge in [-0.15, -0.1) is 0 Å². The molecule has 2 heterocycles. The summed E-state index contributed by atoms with van der Waals surface area (Å²) in [4.78, 5) is 9.80. The van der Waals surface area contributed by atoms with E-state index in [1.807, 2.05) is 30.3 Å². The van der Waals surface area contributed by atoms with Gasteiger partial charge in [0.15, 0.2) is 0 Å². The summed E-state index contributed by atoms with van der Waals surface area (Å²) in [6.07, 6.45) is 1.04. The van der Waals surface area contributed by atoms with Crippen molar-refractivity contribution in [3.05, 3.63) is 90.0 Å². The zero-order chi connectivity index (χ0) is 19.4. The molecule has 5 aromatic rings. The molecule has 1 aliphatic carbocycles. The van der Waals surface area contributed by atoms with E-state index in [-0.39, 0.29) is 5.82 Å². The van der Waals surface area contributed by atoms with E-state index in [1.54, 1.807) is 6.07 Å². The van der Waals surface area contributed by atoms with Gasteiger partial charge in [-0.2, -0.15) is 5.10 Å². The Morgan fingerprint density at radius 3 is 2.52 bits per heavy atom. The molecule has 0 amide bonds. The summed E-state index contributed by atoms with van der Waals surface area (Å²) in [6, 6.07) is 23.1. The first-order valence-corrected chi connectivity index (χ1v) is 9.73. The van der Waals surface area contributed by atoms with E-state index in [4.69, 9.17) is 9.97 Å². The van der Waals surface area contributed by atoms with Crippen LogP contribution in [-0.2, 0) is 0 Å². The van der Waals surface area contributed by atoms with E-state index in [9.17, 15) is 4.39 Å². The minimum Gasteiger partial charge on any atom is -0.277 e. The summed E-state index contributed by atoms with van der Waals surface area (Å²) in [5.74, 6) is 1.28. The highest BCUT2D eigenvalue weighted by Crippen LogP contribution is 2.54. The average molecular weight is 380 g/mol. The molecule has 0 aliphatic heterocycles. The average Bonchev–Trinajstić information content (AvgIpc) is 3.47. The van der Waals surface area contributed by atoms with Gasteiger partial charge in [-0.25, -0.2) is 14.4 Å². The summed E-state index contributed by atoms with van der Waals surface area (Å²) in [6.45, 7) is 0. The molecular formula is C24H17FN4. The van der Waals surface area contributed by atoms with Crippen LogP contribution in [-0.4, -0.2) is 20.2 Å². The van der Waals surface area contributed by atoms with Gasteiger partial charge in [-0.3, -0.25) is 5.10 Å². The Labute approximate surface area is 166 Å². The Bertz CT molecular complexity index is 1360. The lowest BCUT2D eigenvalue weighted by atomic mass is 10.1. The normalized spacial score (nSPS) is 18.4. The second kappa shape index (κ2) is 6.21. The first-order valence-electron chi connectivity index (χ1n) is 9.73. The molecule has 29 heavy (non-hydrogen) atoms. The van der Waals surface area contributed by atoms with E-state index in [2.05, 4.69) is 34.5 Å². The zero-order valence-corrected chi connectivity index (χ0v) is 15.5. The molecule has 0 spiro atoms. The molecule has 1 N–H and O–H groups in total. The Morgan fingerprint density at radius 1 is 0.793 bits per heavy atom. The van der Waals surface area contributed by atoms with Gasteiger partial charge in [0.05, 0.1) is 11.0 Å². The smallest absolute Gasteiger partial charge is 0.133 e. The Morgan fingerprint density at radius 2 is 1.62 bits per heavy atom. The highest BCUT2D eigenvalue weighted by atomic mass is 19.1. The van der Waals surface area contributed by atoms with Crippen molar-refractivity contribution >= 4 is 21.8 Å². The lowest BCUT2D eigenvalue weighted by molar-refractivity contribution is 0.630. The van der Waals surface area contributed by atoms with Crippen LogP contribution in [0.1, 0.15) is 29.6 Å². The van der Waals surface area contributed by atoms with Gasteiger partial charge in [-0.1, -0.05) is 48.5 Å². The van der Waals surface area contributed by atoms with Crippen molar-refractivity contribution in [1.29, 1.82) is 0 Å². The van der Waals surface area contributed by atoms with Crippen LogP contribution in [0, 0.1) is 5.82 Å². The molecule has 6 rings (SSSR count). The van der Waals surface area contributed by atoms with Gasteiger partial charge in [0, 0.05) is 16.7 Å². The number of nitrogens with zero attached hydrogens (tertiary/aromatic N) is 3. The number of fused-ring (bicyclic) bond motifs is 2. The quantitative estimate of drug-likeness (QED) is 0.444. The summed E-state index contributed by atoms with van der Waals surface area (Å²) in [5.41, 5.74) is 4.42. The van der Waals surface area contributed by atoms with Crippen molar-refractivity contribution in [2.24, 2.45) is 0 Å². The number of H-pyrrole nitrogens is 1. The molecule has 5 heteroatoms. The van der Waals surface area contributed by atoms with Crippen LogP contribution >= 0.6 is 0 Å². The summed E-state index contributed by atoms with van der Waals surface area (Å²) >= 11 is 0. The maximum absolute atomic E-state index is 13.9. The van der Waals surface area contributed by atoms with Crippen molar-refractivity contribution in [1.82, 2.24) is 20.2 Å². The van der Waals surface area contributed by atoms with Crippen LogP contribution in [0.4, 0.5) is 4.39 Å². The molecule has 140 valence electrons. The molecule has 2 unspecified atom stereocenters. The van der Waals surface area contributed by atoms with E-state index < -0.39 is 0 Å². The van der Waals surface area contributed by atoms with Crippen molar-refractivity contribution < 1.29 is 4.39 Å². The number of halogens is 1. The minimum atomic E-state index is -0.287. The number of aromatic amines is 1. The maximum Gasteiger partial charge on any atom is 0.133 e. The third-order valence-corrected chi connectivity index (χ3v) is 5.72. The molecule has 1 saturated carbocycles. The zero-order valence-electron chi connectivity index (χ0n) is 15.5. The van der Waals surface area contributed by atoms with E-state index >= 15 is 0 Å². The SMILES string of the molecule is Fc1ccc2[nH]nc(-c3nc(C4CC4c4ccccc4)nc4ccccc34)c2c1. The Hall–Kier alpha value is -3.60. The van der Waals surface area contributed by atoms with E-state index in [0.29, 0.717) is 17.5 Å². The predicted molar refractivity (Wildman–Crippen MR) is 111 cm³/mol. The standard InChI is InChI=1S/C24H17FN4/c25-15-10-11-21-19(12-15)23(29-28-21)22-16-8-4-5-9-20(16)26-24(27-22)18-13-17(18)14-6-2-1-3-7-14/h1-12,17-18H,13H2,(H,28,29). The first-order chi connectivity index (χ1) is 14.3. The number of rotatable bonds is 3.